The fraction of sp³-hybridized carbons (Fsp3) is 0.438. The van der Waals surface area contributed by atoms with Crippen molar-refractivity contribution in [3.63, 3.8) is 0 Å². The van der Waals surface area contributed by atoms with Gasteiger partial charge in [0.2, 0.25) is 0 Å². The first-order valence-corrected chi connectivity index (χ1v) is 7.59. The van der Waals surface area contributed by atoms with Crippen LogP contribution in [0.3, 0.4) is 0 Å². The van der Waals surface area contributed by atoms with Crippen LogP contribution in [0.2, 0.25) is 0 Å². The van der Waals surface area contributed by atoms with Crippen LogP contribution in [0.4, 0.5) is 0 Å². The number of hydrogen-bond acceptors (Lipinski definition) is 4. The Labute approximate surface area is 124 Å². The Morgan fingerprint density at radius 2 is 1.90 bits per heavy atom. The van der Waals surface area contributed by atoms with E-state index in [-0.39, 0.29) is 0 Å². The van der Waals surface area contributed by atoms with Gasteiger partial charge in [-0.1, -0.05) is 30.3 Å². The summed E-state index contributed by atoms with van der Waals surface area (Å²) in [6, 6.07) is 10.3. The Hall–Kier alpha value is -1.23. The molecule has 0 spiro atoms. The van der Waals surface area contributed by atoms with E-state index in [4.69, 9.17) is 0 Å². The fourth-order valence-electron chi connectivity index (χ4n) is 2.24. The second kappa shape index (κ2) is 6.04. The molecular weight excluding hydrogens is 268 g/mol. The van der Waals surface area contributed by atoms with Crippen molar-refractivity contribution in [2.45, 2.75) is 32.9 Å². The zero-order valence-electron chi connectivity index (χ0n) is 12.6. The molecule has 1 aromatic heterocycles. The summed E-state index contributed by atoms with van der Waals surface area (Å²) in [7, 11) is 2.03. The Bertz CT molecular complexity index is 558. The smallest absolute Gasteiger partial charge is 0.123 e. The van der Waals surface area contributed by atoms with Crippen LogP contribution in [0, 0.1) is 6.92 Å². The summed E-state index contributed by atoms with van der Waals surface area (Å²) in [5.41, 5.74) is 1.57. The Balaban J connectivity index is 2.12. The molecule has 0 aliphatic rings. The maximum absolute atomic E-state index is 9.86. The van der Waals surface area contributed by atoms with E-state index >= 15 is 0 Å². The van der Waals surface area contributed by atoms with Crippen LogP contribution in [0.15, 0.2) is 30.3 Å². The molecule has 0 aliphatic heterocycles. The molecule has 2 aromatic rings. The van der Waals surface area contributed by atoms with Gasteiger partial charge in [-0.15, -0.1) is 11.3 Å². The summed E-state index contributed by atoms with van der Waals surface area (Å²) < 4.78 is 0. The molecule has 1 N–H and O–H groups in total. The topological polar surface area (TPSA) is 36.4 Å². The molecule has 0 amide bonds. The lowest BCUT2D eigenvalue weighted by Crippen LogP contribution is -2.35. The summed E-state index contributed by atoms with van der Waals surface area (Å²) >= 11 is 1.73. The number of thiazole rings is 1. The molecule has 2 rings (SSSR count). The summed E-state index contributed by atoms with van der Waals surface area (Å²) in [6.45, 7) is 7.18. The van der Waals surface area contributed by atoms with Crippen molar-refractivity contribution in [1.29, 1.82) is 0 Å². The van der Waals surface area contributed by atoms with E-state index in [1.165, 1.54) is 4.88 Å². The third kappa shape index (κ3) is 4.13. The minimum Gasteiger partial charge on any atom is -0.389 e. The highest BCUT2D eigenvalue weighted by Gasteiger charge is 2.17. The van der Waals surface area contributed by atoms with E-state index in [1.807, 2.05) is 39.1 Å². The van der Waals surface area contributed by atoms with Crippen molar-refractivity contribution in [2.24, 2.45) is 0 Å². The van der Waals surface area contributed by atoms with Crippen LogP contribution in [-0.2, 0) is 6.54 Å². The van der Waals surface area contributed by atoms with Gasteiger partial charge in [0.25, 0.3) is 0 Å². The van der Waals surface area contributed by atoms with Crippen molar-refractivity contribution in [1.82, 2.24) is 9.88 Å². The maximum atomic E-state index is 9.86. The van der Waals surface area contributed by atoms with E-state index in [9.17, 15) is 5.11 Å². The fourth-order valence-corrected chi connectivity index (χ4v) is 3.39. The molecule has 0 saturated heterocycles. The summed E-state index contributed by atoms with van der Waals surface area (Å²) in [4.78, 5) is 8.05. The van der Waals surface area contributed by atoms with Gasteiger partial charge in [-0.05, 0) is 27.8 Å². The molecule has 0 radical (unpaired) electrons. The average molecular weight is 290 g/mol. The van der Waals surface area contributed by atoms with Crippen LogP contribution in [-0.4, -0.2) is 34.2 Å². The zero-order chi connectivity index (χ0) is 14.8. The molecule has 1 heterocycles. The normalized spacial score (nSPS) is 12.1. The summed E-state index contributed by atoms with van der Waals surface area (Å²) in [5.74, 6) is 0. The maximum Gasteiger partial charge on any atom is 0.123 e. The lowest BCUT2D eigenvalue weighted by atomic mass is 10.1. The molecule has 108 valence electrons. The number of likely N-dealkylation sites (N-methyl/N-ethyl adjacent to an activating group) is 1. The van der Waals surface area contributed by atoms with Gasteiger partial charge in [0.05, 0.1) is 11.3 Å². The van der Waals surface area contributed by atoms with Crippen molar-refractivity contribution in [2.75, 3.05) is 13.6 Å². The van der Waals surface area contributed by atoms with Crippen molar-refractivity contribution in [3.05, 3.63) is 40.9 Å². The molecule has 1 aromatic carbocycles. The highest BCUT2D eigenvalue weighted by Crippen LogP contribution is 2.28. The first-order valence-electron chi connectivity index (χ1n) is 6.78. The first-order chi connectivity index (χ1) is 9.35. The van der Waals surface area contributed by atoms with E-state index < -0.39 is 5.60 Å². The third-order valence-corrected chi connectivity index (χ3v) is 4.18. The minimum atomic E-state index is -0.671. The molecular formula is C16H22N2OS. The van der Waals surface area contributed by atoms with Crippen LogP contribution in [0.5, 0.6) is 0 Å². The molecule has 0 aliphatic carbocycles. The van der Waals surface area contributed by atoms with Gasteiger partial charge in [-0.25, -0.2) is 4.98 Å². The van der Waals surface area contributed by atoms with Gasteiger partial charge >= 0.3 is 0 Å². The van der Waals surface area contributed by atoms with Gasteiger partial charge in [0.15, 0.2) is 0 Å². The van der Waals surface area contributed by atoms with E-state index in [1.54, 1.807) is 11.3 Å². The Kier molecular flexibility index (Phi) is 4.58. The SMILES string of the molecule is Cc1nc(-c2ccccc2)sc1CN(C)CC(C)(C)O. The second-order valence-corrected chi connectivity index (χ2v) is 6.96. The number of rotatable bonds is 5. The number of aliphatic hydroxyl groups is 1. The standard InChI is InChI=1S/C16H22N2OS/c1-12-14(10-18(4)11-16(2,3)19)20-15(17-12)13-8-6-5-7-9-13/h5-9,19H,10-11H2,1-4H3. The number of hydrogen-bond donors (Lipinski definition) is 1. The molecule has 20 heavy (non-hydrogen) atoms. The highest BCUT2D eigenvalue weighted by molar-refractivity contribution is 7.15. The Morgan fingerprint density at radius 3 is 2.50 bits per heavy atom. The van der Waals surface area contributed by atoms with E-state index in [0.717, 1.165) is 22.8 Å². The van der Waals surface area contributed by atoms with Crippen molar-refractivity contribution in [3.8, 4) is 10.6 Å². The molecule has 0 atom stereocenters. The van der Waals surface area contributed by atoms with Gasteiger partial charge < -0.3 is 5.11 Å². The molecule has 0 bridgehead atoms. The van der Waals surface area contributed by atoms with Gasteiger partial charge in [0, 0.05) is 23.5 Å². The predicted octanol–water partition coefficient (Wildman–Crippen LogP) is 3.32. The first kappa shape index (κ1) is 15.2. The highest BCUT2D eigenvalue weighted by atomic mass is 32.1. The summed E-state index contributed by atoms with van der Waals surface area (Å²) in [5, 5.41) is 10.9. The molecule has 0 saturated carbocycles. The van der Waals surface area contributed by atoms with Crippen LogP contribution in [0.1, 0.15) is 24.4 Å². The lowest BCUT2D eigenvalue weighted by molar-refractivity contribution is 0.0427. The lowest BCUT2D eigenvalue weighted by Gasteiger charge is -2.25. The van der Waals surface area contributed by atoms with Gasteiger partial charge in [-0.2, -0.15) is 0 Å². The molecule has 3 nitrogen and oxygen atoms in total. The minimum absolute atomic E-state index is 0.644. The average Bonchev–Trinajstić information content (AvgIpc) is 2.70. The van der Waals surface area contributed by atoms with Crippen molar-refractivity contribution < 1.29 is 5.11 Å². The van der Waals surface area contributed by atoms with E-state index in [0.29, 0.717) is 6.54 Å². The van der Waals surface area contributed by atoms with E-state index in [2.05, 4.69) is 28.9 Å². The summed E-state index contributed by atoms with van der Waals surface area (Å²) in [6.07, 6.45) is 0. The number of nitrogens with zero attached hydrogens (tertiary/aromatic N) is 2. The predicted molar refractivity (Wildman–Crippen MR) is 84.9 cm³/mol. The zero-order valence-corrected chi connectivity index (χ0v) is 13.4. The van der Waals surface area contributed by atoms with Crippen molar-refractivity contribution >= 4 is 11.3 Å². The van der Waals surface area contributed by atoms with Crippen LogP contribution in [0.25, 0.3) is 10.6 Å². The molecule has 0 unspecified atom stereocenters. The van der Waals surface area contributed by atoms with Crippen LogP contribution < -0.4 is 0 Å². The third-order valence-electron chi connectivity index (χ3n) is 2.98. The number of aryl methyl sites for hydroxylation is 1. The molecule has 0 fully saturated rings. The molecule has 4 heteroatoms. The number of benzene rings is 1. The second-order valence-electron chi connectivity index (χ2n) is 5.88. The monoisotopic (exact) mass is 290 g/mol. The van der Waals surface area contributed by atoms with Crippen LogP contribution >= 0.6 is 11.3 Å². The Morgan fingerprint density at radius 1 is 1.25 bits per heavy atom. The van der Waals surface area contributed by atoms with Gasteiger partial charge in [0.1, 0.15) is 5.01 Å². The number of aromatic nitrogens is 1. The quantitative estimate of drug-likeness (QED) is 0.917. The van der Waals surface area contributed by atoms with Gasteiger partial charge in [-0.3, -0.25) is 4.90 Å². The largest absolute Gasteiger partial charge is 0.389 e.